The lowest BCUT2D eigenvalue weighted by Crippen LogP contribution is -2.22. The van der Waals surface area contributed by atoms with Crippen molar-refractivity contribution < 1.29 is 9.90 Å². The number of carboxylic acids is 1. The average Bonchev–Trinajstić information content (AvgIpc) is 2.18. The maximum absolute atomic E-state index is 11.0. The van der Waals surface area contributed by atoms with Gasteiger partial charge >= 0.3 is 5.97 Å². The first-order valence-electron chi connectivity index (χ1n) is 5.11. The SMILES string of the molecule is Cc1ncc(SC(C(=O)O)C(C)C)nc1C. The van der Waals surface area contributed by atoms with Gasteiger partial charge in [-0.05, 0) is 19.8 Å². The second-order valence-corrected chi connectivity index (χ2v) is 5.16. The molecule has 0 aliphatic rings. The number of hydrogen-bond acceptors (Lipinski definition) is 4. The number of carbonyl (C=O) groups is 1. The predicted molar refractivity (Wildman–Crippen MR) is 63.6 cm³/mol. The molecule has 0 amide bonds. The van der Waals surface area contributed by atoms with Crippen LogP contribution in [0.5, 0.6) is 0 Å². The Hall–Kier alpha value is -1.10. The van der Waals surface area contributed by atoms with Gasteiger partial charge in [0, 0.05) is 0 Å². The molecule has 5 heteroatoms. The minimum atomic E-state index is -0.806. The van der Waals surface area contributed by atoms with Crippen LogP contribution in [0.4, 0.5) is 0 Å². The summed E-state index contributed by atoms with van der Waals surface area (Å²) in [4.78, 5) is 19.5. The normalized spacial score (nSPS) is 12.8. The van der Waals surface area contributed by atoms with Gasteiger partial charge < -0.3 is 5.11 Å². The Morgan fingerprint density at radius 3 is 2.44 bits per heavy atom. The van der Waals surface area contributed by atoms with E-state index in [1.165, 1.54) is 11.8 Å². The number of aliphatic carboxylic acids is 1. The van der Waals surface area contributed by atoms with Crippen molar-refractivity contribution in [1.82, 2.24) is 9.97 Å². The van der Waals surface area contributed by atoms with Crippen molar-refractivity contribution in [3.05, 3.63) is 17.6 Å². The van der Waals surface area contributed by atoms with Crippen LogP contribution in [-0.4, -0.2) is 26.3 Å². The second kappa shape index (κ2) is 5.30. The van der Waals surface area contributed by atoms with E-state index in [9.17, 15) is 4.79 Å². The maximum Gasteiger partial charge on any atom is 0.317 e. The lowest BCUT2D eigenvalue weighted by molar-refractivity contribution is -0.137. The van der Waals surface area contributed by atoms with Crippen molar-refractivity contribution in [2.24, 2.45) is 5.92 Å². The molecular formula is C11H16N2O2S. The molecular weight excluding hydrogens is 224 g/mol. The van der Waals surface area contributed by atoms with Gasteiger partial charge in [-0.1, -0.05) is 25.6 Å². The summed E-state index contributed by atoms with van der Waals surface area (Å²) in [7, 11) is 0. The van der Waals surface area contributed by atoms with Gasteiger partial charge in [0.25, 0.3) is 0 Å². The minimum absolute atomic E-state index is 0.0610. The van der Waals surface area contributed by atoms with Crippen LogP contribution >= 0.6 is 11.8 Å². The molecule has 1 rings (SSSR count). The highest BCUT2D eigenvalue weighted by atomic mass is 32.2. The van der Waals surface area contributed by atoms with Gasteiger partial charge in [0.1, 0.15) is 10.3 Å². The van der Waals surface area contributed by atoms with Crippen LogP contribution in [-0.2, 0) is 4.79 Å². The Bertz CT molecular complexity index is 394. The molecule has 0 saturated carbocycles. The van der Waals surface area contributed by atoms with Gasteiger partial charge in [0.2, 0.25) is 0 Å². The Kier molecular flexibility index (Phi) is 4.29. The van der Waals surface area contributed by atoms with Gasteiger partial charge in [-0.2, -0.15) is 0 Å². The molecule has 16 heavy (non-hydrogen) atoms. The van der Waals surface area contributed by atoms with Crippen LogP contribution < -0.4 is 0 Å². The molecule has 0 spiro atoms. The smallest absolute Gasteiger partial charge is 0.317 e. The Balaban J connectivity index is 2.86. The second-order valence-electron chi connectivity index (χ2n) is 4.00. The van der Waals surface area contributed by atoms with Gasteiger partial charge in [-0.25, -0.2) is 4.98 Å². The van der Waals surface area contributed by atoms with Crippen molar-refractivity contribution in [3.63, 3.8) is 0 Å². The summed E-state index contributed by atoms with van der Waals surface area (Å²) in [5.41, 5.74) is 1.72. The molecule has 0 aliphatic carbocycles. The van der Waals surface area contributed by atoms with E-state index < -0.39 is 11.2 Å². The topological polar surface area (TPSA) is 63.1 Å². The highest BCUT2D eigenvalue weighted by Crippen LogP contribution is 2.26. The van der Waals surface area contributed by atoms with Crippen LogP contribution in [0.3, 0.4) is 0 Å². The van der Waals surface area contributed by atoms with Gasteiger partial charge in [-0.15, -0.1) is 0 Å². The standard InChI is InChI=1S/C11H16N2O2S/c1-6(2)10(11(14)15)16-9-5-12-7(3)8(4)13-9/h5-6,10H,1-4H3,(H,14,15). The molecule has 1 aromatic heterocycles. The summed E-state index contributed by atoms with van der Waals surface area (Å²) in [6, 6.07) is 0. The molecule has 1 N–H and O–H groups in total. The number of aromatic nitrogens is 2. The third kappa shape index (κ3) is 3.20. The summed E-state index contributed by atoms with van der Waals surface area (Å²) in [5.74, 6) is -0.745. The monoisotopic (exact) mass is 240 g/mol. The Labute approximate surface area is 99.5 Å². The first-order valence-corrected chi connectivity index (χ1v) is 5.99. The number of thioether (sulfide) groups is 1. The van der Waals surface area contributed by atoms with Crippen LogP contribution in [0, 0.1) is 19.8 Å². The van der Waals surface area contributed by atoms with E-state index in [1.807, 2.05) is 27.7 Å². The van der Waals surface area contributed by atoms with E-state index >= 15 is 0 Å². The number of nitrogens with zero attached hydrogens (tertiary/aromatic N) is 2. The van der Waals surface area contributed by atoms with Gasteiger partial charge in [0.05, 0.1) is 17.6 Å². The zero-order chi connectivity index (χ0) is 12.3. The molecule has 0 saturated heterocycles. The predicted octanol–water partition coefficient (Wildman–Crippen LogP) is 2.29. The number of rotatable bonds is 4. The van der Waals surface area contributed by atoms with Crippen LogP contribution in [0.25, 0.3) is 0 Å². The molecule has 1 heterocycles. The van der Waals surface area contributed by atoms with Crippen molar-refractivity contribution in [1.29, 1.82) is 0 Å². The quantitative estimate of drug-likeness (QED) is 0.818. The van der Waals surface area contributed by atoms with Gasteiger partial charge in [-0.3, -0.25) is 9.78 Å². The summed E-state index contributed by atoms with van der Waals surface area (Å²) in [6.45, 7) is 7.53. The lowest BCUT2D eigenvalue weighted by atomic mass is 10.1. The van der Waals surface area contributed by atoms with Gasteiger partial charge in [0.15, 0.2) is 0 Å². The highest BCUT2D eigenvalue weighted by molar-refractivity contribution is 8.00. The van der Waals surface area contributed by atoms with Crippen molar-refractivity contribution in [2.45, 2.75) is 38.0 Å². The lowest BCUT2D eigenvalue weighted by Gasteiger charge is -2.15. The first-order chi connectivity index (χ1) is 7.41. The fourth-order valence-electron chi connectivity index (χ4n) is 1.18. The third-order valence-corrected chi connectivity index (χ3v) is 3.70. The molecule has 1 unspecified atom stereocenters. The Morgan fingerprint density at radius 2 is 2.00 bits per heavy atom. The molecule has 0 fully saturated rings. The fraction of sp³-hybridized carbons (Fsp3) is 0.545. The van der Waals surface area contributed by atoms with Crippen LogP contribution in [0.2, 0.25) is 0 Å². The zero-order valence-electron chi connectivity index (χ0n) is 9.89. The summed E-state index contributed by atoms with van der Waals surface area (Å²) >= 11 is 1.25. The van der Waals surface area contributed by atoms with E-state index in [0.717, 1.165) is 11.4 Å². The highest BCUT2D eigenvalue weighted by Gasteiger charge is 2.23. The Morgan fingerprint density at radius 1 is 1.38 bits per heavy atom. The molecule has 0 bridgehead atoms. The van der Waals surface area contributed by atoms with E-state index in [1.54, 1.807) is 6.20 Å². The minimum Gasteiger partial charge on any atom is -0.480 e. The molecule has 0 aliphatic heterocycles. The summed E-state index contributed by atoms with van der Waals surface area (Å²) in [6.07, 6.45) is 1.63. The molecule has 88 valence electrons. The van der Waals surface area contributed by atoms with E-state index in [0.29, 0.717) is 5.03 Å². The molecule has 4 nitrogen and oxygen atoms in total. The first kappa shape index (κ1) is 13.0. The number of aryl methyl sites for hydroxylation is 2. The van der Waals surface area contributed by atoms with Crippen molar-refractivity contribution in [3.8, 4) is 0 Å². The molecule has 1 aromatic rings. The van der Waals surface area contributed by atoms with Crippen LogP contribution in [0.1, 0.15) is 25.2 Å². The van der Waals surface area contributed by atoms with Crippen molar-refractivity contribution in [2.75, 3.05) is 0 Å². The van der Waals surface area contributed by atoms with Crippen molar-refractivity contribution >= 4 is 17.7 Å². The summed E-state index contributed by atoms with van der Waals surface area (Å²) in [5, 5.41) is 9.25. The number of hydrogen-bond donors (Lipinski definition) is 1. The van der Waals surface area contributed by atoms with E-state index in [4.69, 9.17) is 5.11 Å². The zero-order valence-corrected chi connectivity index (χ0v) is 10.7. The van der Waals surface area contributed by atoms with E-state index in [-0.39, 0.29) is 5.92 Å². The summed E-state index contributed by atoms with van der Waals surface area (Å²) < 4.78 is 0. The molecule has 0 aromatic carbocycles. The molecule has 0 radical (unpaired) electrons. The largest absolute Gasteiger partial charge is 0.480 e. The molecule has 1 atom stereocenters. The number of carboxylic acid groups (broad SMARTS) is 1. The average molecular weight is 240 g/mol. The maximum atomic E-state index is 11.0. The fourth-order valence-corrected chi connectivity index (χ4v) is 2.12. The third-order valence-electron chi connectivity index (χ3n) is 2.27. The van der Waals surface area contributed by atoms with Crippen LogP contribution in [0.15, 0.2) is 11.2 Å². The van der Waals surface area contributed by atoms with E-state index in [2.05, 4.69) is 9.97 Å².